The molecule has 20 heavy (non-hydrogen) atoms. The predicted octanol–water partition coefficient (Wildman–Crippen LogP) is 4.57. The van der Waals surface area contributed by atoms with E-state index in [1.54, 1.807) is 0 Å². The zero-order valence-electron chi connectivity index (χ0n) is 12.5. The molecule has 110 valence electrons. The molecular weight excluding hydrogens is 248 g/mol. The number of hydrogen-bond donors (Lipinski definition) is 1. The van der Waals surface area contributed by atoms with E-state index in [1.807, 2.05) is 0 Å². The van der Waals surface area contributed by atoms with Gasteiger partial charge in [0, 0.05) is 5.41 Å². The number of carboxylic acids is 1. The molecule has 0 aromatic heterocycles. The average Bonchev–Trinajstić information content (AvgIpc) is 2.82. The molecule has 0 unspecified atom stereocenters. The Morgan fingerprint density at radius 1 is 1.20 bits per heavy atom. The SMILES string of the molecule is CC1=CC[C@@]2(C=C1)[C@@H](C(=O)O)CC[C@H]2C1CCCCC1. The van der Waals surface area contributed by atoms with Gasteiger partial charge in [0.2, 0.25) is 0 Å². The molecule has 0 radical (unpaired) electrons. The minimum absolute atomic E-state index is 0.0899. The first-order valence-corrected chi connectivity index (χ1v) is 8.22. The van der Waals surface area contributed by atoms with E-state index in [0.29, 0.717) is 5.92 Å². The molecular formula is C18H26O2. The Morgan fingerprint density at radius 2 is 1.95 bits per heavy atom. The van der Waals surface area contributed by atoms with Crippen LogP contribution in [-0.4, -0.2) is 11.1 Å². The Hall–Kier alpha value is -1.05. The van der Waals surface area contributed by atoms with Gasteiger partial charge in [0.25, 0.3) is 0 Å². The molecule has 3 rings (SSSR count). The van der Waals surface area contributed by atoms with Crippen LogP contribution in [0.25, 0.3) is 0 Å². The third-order valence-electron chi connectivity index (χ3n) is 6.06. The van der Waals surface area contributed by atoms with E-state index >= 15 is 0 Å². The Kier molecular flexibility index (Phi) is 3.74. The van der Waals surface area contributed by atoms with Crippen molar-refractivity contribution in [3.05, 3.63) is 23.8 Å². The molecule has 0 saturated heterocycles. The van der Waals surface area contributed by atoms with Crippen molar-refractivity contribution in [3.63, 3.8) is 0 Å². The lowest BCUT2D eigenvalue weighted by molar-refractivity contribution is -0.145. The molecule has 3 atom stereocenters. The molecule has 0 bridgehead atoms. The van der Waals surface area contributed by atoms with E-state index < -0.39 is 5.97 Å². The number of hydrogen-bond acceptors (Lipinski definition) is 1. The lowest BCUT2D eigenvalue weighted by Gasteiger charge is -2.42. The third-order valence-corrected chi connectivity index (χ3v) is 6.06. The third kappa shape index (κ3) is 2.23. The second-order valence-corrected chi connectivity index (χ2v) is 7.07. The fourth-order valence-corrected chi connectivity index (χ4v) is 5.00. The van der Waals surface area contributed by atoms with Gasteiger partial charge in [-0.2, -0.15) is 0 Å². The standard InChI is InChI=1S/C18H26O2/c1-13-9-11-18(12-10-13)15(7-8-16(18)17(19)20)14-5-3-2-4-6-14/h9-11,14-16H,2-8,12H2,1H3,(H,19,20)/t15-,16+,18+/m0/s1. The van der Waals surface area contributed by atoms with Gasteiger partial charge < -0.3 is 5.11 Å². The highest BCUT2D eigenvalue weighted by Crippen LogP contribution is 2.58. The summed E-state index contributed by atoms with van der Waals surface area (Å²) in [7, 11) is 0. The van der Waals surface area contributed by atoms with Crippen LogP contribution in [0.5, 0.6) is 0 Å². The van der Waals surface area contributed by atoms with Crippen molar-refractivity contribution in [1.29, 1.82) is 0 Å². The Bertz CT molecular complexity index is 442. The van der Waals surface area contributed by atoms with Gasteiger partial charge in [-0.3, -0.25) is 4.79 Å². The summed E-state index contributed by atoms with van der Waals surface area (Å²) in [5.74, 6) is 0.588. The van der Waals surface area contributed by atoms with Crippen molar-refractivity contribution in [2.24, 2.45) is 23.2 Å². The van der Waals surface area contributed by atoms with E-state index in [9.17, 15) is 9.90 Å². The Morgan fingerprint density at radius 3 is 2.55 bits per heavy atom. The van der Waals surface area contributed by atoms with Crippen LogP contribution in [-0.2, 0) is 4.79 Å². The second kappa shape index (κ2) is 5.38. The maximum atomic E-state index is 11.7. The van der Waals surface area contributed by atoms with Gasteiger partial charge in [-0.15, -0.1) is 0 Å². The van der Waals surface area contributed by atoms with Gasteiger partial charge in [0.1, 0.15) is 0 Å². The fraction of sp³-hybridized carbons (Fsp3) is 0.722. The molecule has 0 aliphatic heterocycles. The minimum atomic E-state index is -0.582. The smallest absolute Gasteiger partial charge is 0.307 e. The summed E-state index contributed by atoms with van der Waals surface area (Å²) < 4.78 is 0. The minimum Gasteiger partial charge on any atom is -0.481 e. The first-order chi connectivity index (χ1) is 9.63. The molecule has 1 spiro atoms. The zero-order valence-corrected chi connectivity index (χ0v) is 12.5. The van der Waals surface area contributed by atoms with E-state index in [2.05, 4.69) is 25.2 Å². The van der Waals surface area contributed by atoms with E-state index in [-0.39, 0.29) is 11.3 Å². The molecule has 2 heteroatoms. The maximum absolute atomic E-state index is 11.7. The second-order valence-electron chi connectivity index (χ2n) is 7.07. The first-order valence-electron chi connectivity index (χ1n) is 8.22. The number of carbonyl (C=O) groups is 1. The van der Waals surface area contributed by atoms with Crippen molar-refractivity contribution in [2.45, 2.75) is 58.3 Å². The summed E-state index contributed by atoms with van der Waals surface area (Å²) in [6, 6.07) is 0. The predicted molar refractivity (Wildman–Crippen MR) is 80.4 cm³/mol. The first kappa shape index (κ1) is 13.9. The monoisotopic (exact) mass is 274 g/mol. The number of rotatable bonds is 2. The van der Waals surface area contributed by atoms with E-state index in [1.165, 1.54) is 37.7 Å². The molecule has 0 heterocycles. The Labute approximate surface area is 122 Å². The van der Waals surface area contributed by atoms with Crippen LogP contribution in [0.3, 0.4) is 0 Å². The summed E-state index contributed by atoms with van der Waals surface area (Å²) in [4.78, 5) is 11.7. The molecule has 2 saturated carbocycles. The van der Waals surface area contributed by atoms with Crippen molar-refractivity contribution in [1.82, 2.24) is 0 Å². The number of aliphatic carboxylic acids is 1. The van der Waals surface area contributed by atoms with Crippen LogP contribution >= 0.6 is 0 Å². The summed E-state index contributed by atoms with van der Waals surface area (Å²) in [5.41, 5.74) is 1.20. The molecule has 3 aliphatic carbocycles. The lowest BCUT2D eigenvalue weighted by Crippen LogP contribution is -2.38. The lowest BCUT2D eigenvalue weighted by atomic mass is 9.61. The van der Waals surface area contributed by atoms with Gasteiger partial charge in [-0.05, 0) is 38.0 Å². The van der Waals surface area contributed by atoms with Gasteiger partial charge in [0.15, 0.2) is 0 Å². The van der Waals surface area contributed by atoms with Crippen molar-refractivity contribution < 1.29 is 9.90 Å². The van der Waals surface area contributed by atoms with E-state index in [4.69, 9.17) is 0 Å². The zero-order chi connectivity index (χ0) is 14.2. The van der Waals surface area contributed by atoms with Crippen LogP contribution in [0.15, 0.2) is 23.8 Å². The number of carboxylic acid groups (broad SMARTS) is 1. The van der Waals surface area contributed by atoms with Crippen LogP contribution in [0, 0.1) is 23.2 Å². The topological polar surface area (TPSA) is 37.3 Å². The summed E-state index contributed by atoms with van der Waals surface area (Å²) in [5, 5.41) is 9.66. The molecule has 0 amide bonds. The molecule has 0 aromatic rings. The fourth-order valence-electron chi connectivity index (χ4n) is 5.00. The highest BCUT2D eigenvalue weighted by molar-refractivity contribution is 5.72. The van der Waals surface area contributed by atoms with Crippen LogP contribution in [0.1, 0.15) is 58.3 Å². The van der Waals surface area contributed by atoms with Crippen molar-refractivity contribution in [2.75, 3.05) is 0 Å². The van der Waals surface area contributed by atoms with Gasteiger partial charge in [-0.1, -0.05) is 55.9 Å². The molecule has 1 N–H and O–H groups in total. The van der Waals surface area contributed by atoms with Crippen molar-refractivity contribution >= 4 is 5.97 Å². The summed E-state index contributed by atoms with van der Waals surface area (Å²) >= 11 is 0. The van der Waals surface area contributed by atoms with Crippen LogP contribution in [0.2, 0.25) is 0 Å². The number of allylic oxidation sites excluding steroid dienone is 4. The van der Waals surface area contributed by atoms with E-state index in [0.717, 1.165) is 25.2 Å². The highest BCUT2D eigenvalue weighted by Gasteiger charge is 2.53. The molecule has 0 aromatic carbocycles. The summed E-state index contributed by atoms with van der Waals surface area (Å²) in [6.45, 7) is 2.11. The Balaban J connectivity index is 1.90. The summed E-state index contributed by atoms with van der Waals surface area (Å²) in [6.07, 6.45) is 16.3. The van der Waals surface area contributed by atoms with Gasteiger partial charge in [-0.25, -0.2) is 0 Å². The van der Waals surface area contributed by atoms with Gasteiger partial charge >= 0.3 is 5.97 Å². The van der Waals surface area contributed by atoms with Crippen LogP contribution < -0.4 is 0 Å². The molecule has 2 fully saturated rings. The average molecular weight is 274 g/mol. The quantitative estimate of drug-likeness (QED) is 0.801. The maximum Gasteiger partial charge on any atom is 0.307 e. The molecule has 3 aliphatic rings. The van der Waals surface area contributed by atoms with Gasteiger partial charge in [0.05, 0.1) is 5.92 Å². The van der Waals surface area contributed by atoms with Crippen LogP contribution in [0.4, 0.5) is 0 Å². The molecule has 2 nitrogen and oxygen atoms in total. The normalized spacial score (nSPS) is 38.1. The van der Waals surface area contributed by atoms with Crippen molar-refractivity contribution in [3.8, 4) is 0 Å². The highest BCUT2D eigenvalue weighted by atomic mass is 16.4. The largest absolute Gasteiger partial charge is 0.481 e.